The highest BCUT2D eigenvalue weighted by molar-refractivity contribution is 7.80. The molecule has 2 unspecified atom stereocenters. The molecule has 1 heterocycles. The summed E-state index contributed by atoms with van der Waals surface area (Å²) in [5.74, 6) is 1.55. The van der Waals surface area contributed by atoms with Crippen LogP contribution >= 0.6 is 12.2 Å². The largest absolute Gasteiger partial charge is 0.369 e. The Balaban J connectivity index is 0.00000106. The number of likely N-dealkylation sites (tertiary alicyclic amines) is 1. The van der Waals surface area contributed by atoms with Crippen LogP contribution in [0.3, 0.4) is 0 Å². The zero-order valence-corrected chi connectivity index (χ0v) is 12.6. The molecule has 1 saturated heterocycles. The Bertz CT molecular complexity index is 191. The third kappa shape index (κ3) is 4.40. The van der Waals surface area contributed by atoms with Crippen LogP contribution in [0.2, 0.25) is 0 Å². The minimum Gasteiger partial charge on any atom is -0.369 e. The van der Waals surface area contributed by atoms with Crippen molar-refractivity contribution in [3.8, 4) is 0 Å². The Morgan fingerprint density at radius 2 is 1.75 bits per heavy atom. The summed E-state index contributed by atoms with van der Waals surface area (Å²) in [4.78, 5) is 3.50. The zero-order valence-electron chi connectivity index (χ0n) is 11.8. The van der Waals surface area contributed by atoms with Gasteiger partial charge in [-0.25, -0.2) is 0 Å². The van der Waals surface area contributed by atoms with E-state index in [1.165, 1.54) is 43.6 Å². The number of nitrogens with zero attached hydrogens (tertiary/aromatic N) is 1. The van der Waals surface area contributed by atoms with Crippen LogP contribution in [0.5, 0.6) is 0 Å². The lowest BCUT2D eigenvalue weighted by molar-refractivity contribution is 0.259. The first kappa shape index (κ1) is 15.9. The second-order valence-electron chi connectivity index (χ2n) is 4.49. The molecule has 2 atom stereocenters. The van der Waals surface area contributed by atoms with Crippen LogP contribution in [0.1, 0.15) is 59.8 Å². The van der Waals surface area contributed by atoms with Gasteiger partial charge < -0.3 is 4.90 Å². The molecule has 0 radical (unpaired) electrons. The number of thiocarbonyl (C=S) groups is 1. The van der Waals surface area contributed by atoms with E-state index in [2.05, 4.69) is 25.8 Å². The summed E-state index contributed by atoms with van der Waals surface area (Å²) in [7, 11) is 2.15. The standard InChI is InChI=1S/C12H23NS.C2H6/c1-4-6-10-8-9-13(3)12(14)11(10)7-5-2;1-2/h10-11H,4-9H2,1-3H3;1-2H3. The molecule has 1 aliphatic rings. The first-order valence-corrected chi connectivity index (χ1v) is 7.36. The summed E-state index contributed by atoms with van der Waals surface area (Å²) in [6, 6.07) is 0. The maximum atomic E-state index is 5.53. The minimum atomic E-state index is 0.689. The number of rotatable bonds is 4. The molecule has 0 aliphatic carbocycles. The molecular formula is C14H29NS. The van der Waals surface area contributed by atoms with Crippen molar-refractivity contribution in [3.05, 3.63) is 0 Å². The normalized spacial score (nSPS) is 25.1. The summed E-state index contributed by atoms with van der Waals surface area (Å²) < 4.78 is 0. The van der Waals surface area contributed by atoms with Gasteiger partial charge in [0, 0.05) is 19.5 Å². The molecule has 1 aliphatic heterocycles. The van der Waals surface area contributed by atoms with Crippen LogP contribution in [0.15, 0.2) is 0 Å². The van der Waals surface area contributed by atoms with Crippen LogP contribution in [0.4, 0.5) is 0 Å². The average Bonchev–Trinajstić information content (AvgIpc) is 2.31. The molecular weight excluding hydrogens is 214 g/mol. The van der Waals surface area contributed by atoms with Crippen molar-refractivity contribution in [2.45, 2.75) is 59.8 Å². The Kier molecular flexibility index (Phi) is 8.91. The van der Waals surface area contributed by atoms with Crippen LogP contribution < -0.4 is 0 Å². The fraction of sp³-hybridized carbons (Fsp3) is 0.929. The van der Waals surface area contributed by atoms with E-state index >= 15 is 0 Å². The maximum Gasteiger partial charge on any atom is 0.0810 e. The Morgan fingerprint density at radius 1 is 1.19 bits per heavy atom. The fourth-order valence-corrected chi connectivity index (χ4v) is 2.94. The average molecular weight is 243 g/mol. The summed E-state index contributed by atoms with van der Waals surface area (Å²) in [6.07, 6.45) is 6.55. The molecule has 0 saturated carbocycles. The van der Waals surface area contributed by atoms with Gasteiger partial charge >= 0.3 is 0 Å². The molecule has 16 heavy (non-hydrogen) atoms. The van der Waals surface area contributed by atoms with E-state index in [-0.39, 0.29) is 0 Å². The van der Waals surface area contributed by atoms with E-state index in [1.54, 1.807) is 0 Å². The predicted molar refractivity (Wildman–Crippen MR) is 78.0 cm³/mol. The quantitative estimate of drug-likeness (QED) is 0.668. The van der Waals surface area contributed by atoms with Gasteiger partial charge in [-0.1, -0.05) is 52.8 Å². The molecule has 96 valence electrons. The van der Waals surface area contributed by atoms with Gasteiger partial charge in [0.1, 0.15) is 0 Å². The van der Waals surface area contributed by atoms with Crippen molar-refractivity contribution < 1.29 is 0 Å². The lowest BCUT2D eigenvalue weighted by atomic mass is 9.80. The molecule has 2 heteroatoms. The monoisotopic (exact) mass is 243 g/mol. The SMILES string of the molecule is CC.CCCC1CCN(C)C(=S)C1CCC. The van der Waals surface area contributed by atoms with E-state index in [4.69, 9.17) is 12.2 Å². The van der Waals surface area contributed by atoms with Crippen molar-refractivity contribution >= 4 is 17.2 Å². The number of hydrogen-bond donors (Lipinski definition) is 0. The van der Waals surface area contributed by atoms with Crippen LogP contribution in [-0.2, 0) is 0 Å². The van der Waals surface area contributed by atoms with Crippen molar-refractivity contribution in [1.29, 1.82) is 0 Å². The van der Waals surface area contributed by atoms with Gasteiger partial charge in [-0.05, 0) is 25.2 Å². The van der Waals surface area contributed by atoms with E-state index in [0.29, 0.717) is 5.92 Å². The van der Waals surface area contributed by atoms with Crippen LogP contribution in [0, 0.1) is 11.8 Å². The first-order chi connectivity index (χ1) is 7.70. The summed E-state index contributed by atoms with van der Waals surface area (Å²) in [5.41, 5.74) is 0. The van der Waals surface area contributed by atoms with Crippen molar-refractivity contribution in [2.75, 3.05) is 13.6 Å². The Hall–Kier alpha value is -0.110. The van der Waals surface area contributed by atoms with Crippen molar-refractivity contribution in [2.24, 2.45) is 11.8 Å². The number of hydrogen-bond acceptors (Lipinski definition) is 1. The third-order valence-electron chi connectivity index (χ3n) is 3.36. The first-order valence-electron chi connectivity index (χ1n) is 6.95. The molecule has 0 aromatic heterocycles. The van der Waals surface area contributed by atoms with E-state index in [0.717, 1.165) is 5.92 Å². The number of piperidine rings is 1. The smallest absolute Gasteiger partial charge is 0.0810 e. The van der Waals surface area contributed by atoms with Gasteiger partial charge in [-0.2, -0.15) is 0 Å². The second kappa shape index (κ2) is 8.98. The Morgan fingerprint density at radius 3 is 2.25 bits per heavy atom. The van der Waals surface area contributed by atoms with Crippen molar-refractivity contribution in [3.63, 3.8) is 0 Å². The van der Waals surface area contributed by atoms with Crippen LogP contribution in [-0.4, -0.2) is 23.5 Å². The molecule has 0 spiro atoms. The third-order valence-corrected chi connectivity index (χ3v) is 3.97. The van der Waals surface area contributed by atoms with Gasteiger partial charge in [0.25, 0.3) is 0 Å². The molecule has 0 N–H and O–H groups in total. The Labute approximate surface area is 108 Å². The van der Waals surface area contributed by atoms with Gasteiger partial charge in [0.15, 0.2) is 0 Å². The highest BCUT2D eigenvalue weighted by Gasteiger charge is 2.30. The fourth-order valence-electron chi connectivity index (χ4n) is 2.54. The lowest BCUT2D eigenvalue weighted by Crippen LogP contribution is -2.42. The topological polar surface area (TPSA) is 3.24 Å². The molecule has 1 nitrogen and oxygen atoms in total. The predicted octanol–water partition coefficient (Wildman–Crippen LogP) is 4.51. The van der Waals surface area contributed by atoms with E-state index < -0.39 is 0 Å². The van der Waals surface area contributed by atoms with Gasteiger partial charge in [-0.15, -0.1) is 0 Å². The summed E-state index contributed by atoms with van der Waals surface area (Å²) >= 11 is 5.53. The molecule has 0 amide bonds. The second-order valence-corrected chi connectivity index (χ2v) is 4.91. The van der Waals surface area contributed by atoms with E-state index in [1.807, 2.05) is 13.8 Å². The highest BCUT2D eigenvalue weighted by atomic mass is 32.1. The molecule has 0 aromatic rings. The summed E-state index contributed by atoms with van der Waals surface area (Å²) in [6.45, 7) is 9.72. The van der Waals surface area contributed by atoms with Gasteiger partial charge in [0.05, 0.1) is 4.99 Å². The van der Waals surface area contributed by atoms with Gasteiger partial charge in [0.2, 0.25) is 0 Å². The van der Waals surface area contributed by atoms with E-state index in [9.17, 15) is 0 Å². The molecule has 1 rings (SSSR count). The van der Waals surface area contributed by atoms with Crippen LogP contribution in [0.25, 0.3) is 0 Å². The summed E-state index contributed by atoms with van der Waals surface area (Å²) in [5, 5.41) is 0. The maximum absolute atomic E-state index is 5.53. The van der Waals surface area contributed by atoms with Crippen molar-refractivity contribution in [1.82, 2.24) is 4.90 Å². The molecule has 0 bridgehead atoms. The molecule has 0 aromatic carbocycles. The molecule has 1 fully saturated rings. The zero-order chi connectivity index (χ0) is 12.6. The van der Waals surface area contributed by atoms with Gasteiger partial charge in [-0.3, -0.25) is 0 Å². The minimum absolute atomic E-state index is 0.689. The highest BCUT2D eigenvalue weighted by Crippen LogP contribution is 2.31. The lowest BCUT2D eigenvalue weighted by Gasteiger charge is -2.38.